The number of hydrogen-bond acceptors (Lipinski definition) is 5. The third kappa shape index (κ3) is 3.14. The van der Waals surface area contributed by atoms with E-state index < -0.39 is 6.10 Å². The van der Waals surface area contributed by atoms with Crippen LogP contribution in [0.3, 0.4) is 0 Å². The van der Waals surface area contributed by atoms with Crippen molar-refractivity contribution in [1.29, 1.82) is 0 Å². The molecular formula is C18H25N5O2. The van der Waals surface area contributed by atoms with E-state index in [0.717, 1.165) is 36.1 Å². The maximum Gasteiger partial charge on any atom is 0.252 e. The molecule has 2 aromatic heterocycles. The number of fused-ring (bicyclic) bond motifs is 1. The van der Waals surface area contributed by atoms with Gasteiger partial charge >= 0.3 is 0 Å². The lowest BCUT2D eigenvalue weighted by Crippen LogP contribution is -2.34. The van der Waals surface area contributed by atoms with Crippen LogP contribution in [0.15, 0.2) is 12.3 Å². The van der Waals surface area contributed by atoms with Crippen LogP contribution in [0.2, 0.25) is 0 Å². The zero-order valence-corrected chi connectivity index (χ0v) is 14.7. The van der Waals surface area contributed by atoms with Crippen LogP contribution in [0.5, 0.6) is 0 Å². The lowest BCUT2D eigenvalue weighted by atomic mass is 10.1. The highest BCUT2D eigenvalue weighted by molar-refractivity contribution is 6.05. The smallest absolute Gasteiger partial charge is 0.252 e. The number of nitrogens with one attached hydrogen (secondary N) is 2. The summed E-state index contributed by atoms with van der Waals surface area (Å²) in [4.78, 5) is 17.6. The Morgan fingerprint density at radius 3 is 2.88 bits per heavy atom. The maximum absolute atomic E-state index is 12.8. The number of carbonyl (C=O) groups excluding carboxylic acids is 1. The van der Waals surface area contributed by atoms with Crippen LogP contribution in [0.1, 0.15) is 54.7 Å². The van der Waals surface area contributed by atoms with Crippen molar-refractivity contribution in [2.24, 2.45) is 5.92 Å². The number of aliphatic hydroxyl groups is 1. The van der Waals surface area contributed by atoms with Crippen LogP contribution in [-0.2, 0) is 0 Å². The minimum absolute atomic E-state index is 0.0579. The Balaban J connectivity index is 1.64. The zero-order chi connectivity index (χ0) is 17.6. The predicted molar refractivity (Wildman–Crippen MR) is 94.6 cm³/mol. The first-order valence-corrected chi connectivity index (χ1v) is 9.09. The van der Waals surface area contributed by atoms with Crippen molar-refractivity contribution in [1.82, 2.24) is 25.4 Å². The van der Waals surface area contributed by atoms with E-state index in [1.807, 2.05) is 10.7 Å². The zero-order valence-electron chi connectivity index (χ0n) is 14.7. The average Bonchev–Trinajstić information content (AvgIpc) is 3.22. The number of aliphatic hydroxyl groups excluding tert-OH is 1. The number of aromatic nitrogens is 3. The summed E-state index contributed by atoms with van der Waals surface area (Å²) in [5.41, 5.74) is 2.41. The summed E-state index contributed by atoms with van der Waals surface area (Å²) in [5, 5.41) is 21.2. The number of carbonyl (C=O) groups is 1. The highest BCUT2D eigenvalue weighted by Crippen LogP contribution is 2.40. The molecule has 134 valence electrons. The van der Waals surface area contributed by atoms with E-state index in [9.17, 15) is 9.90 Å². The van der Waals surface area contributed by atoms with E-state index in [-0.39, 0.29) is 17.9 Å². The molecule has 2 unspecified atom stereocenters. The topological polar surface area (TPSA) is 92.1 Å². The van der Waals surface area contributed by atoms with Crippen molar-refractivity contribution in [2.45, 2.75) is 44.8 Å². The van der Waals surface area contributed by atoms with Crippen LogP contribution in [-0.4, -0.2) is 51.5 Å². The van der Waals surface area contributed by atoms with Gasteiger partial charge < -0.3 is 15.7 Å². The number of hydrogen-bond donors (Lipinski definition) is 3. The standard InChI is InChI=1S/C18H25N5O2/c1-10(2)23-17-14(8-21-23)13(5-15(22-17)11-3-4-11)18(25)20-7-12-6-19-9-16(12)24/h5,8,10-12,16,19,24H,3-4,6-7,9H2,1-2H3,(H,20,25). The minimum Gasteiger partial charge on any atom is -0.391 e. The molecule has 2 fully saturated rings. The van der Waals surface area contributed by atoms with E-state index >= 15 is 0 Å². The van der Waals surface area contributed by atoms with Gasteiger partial charge in [-0.05, 0) is 32.8 Å². The number of β-amino-alcohol motifs (C(OH)–C–C–N with tert-alkyl or cyclic N) is 1. The van der Waals surface area contributed by atoms with E-state index in [4.69, 9.17) is 4.98 Å². The first-order chi connectivity index (χ1) is 12.0. The molecule has 1 saturated heterocycles. The van der Waals surface area contributed by atoms with Gasteiger partial charge in [-0.3, -0.25) is 4.79 Å². The summed E-state index contributed by atoms with van der Waals surface area (Å²) in [5.74, 6) is 0.409. The van der Waals surface area contributed by atoms with Crippen LogP contribution in [0.25, 0.3) is 11.0 Å². The van der Waals surface area contributed by atoms with Gasteiger partial charge in [0, 0.05) is 43.2 Å². The Labute approximate surface area is 146 Å². The summed E-state index contributed by atoms with van der Waals surface area (Å²) < 4.78 is 1.88. The van der Waals surface area contributed by atoms with E-state index in [0.29, 0.717) is 24.6 Å². The normalized spacial score (nSPS) is 23.5. The quantitative estimate of drug-likeness (QED) is 0.759. The Bertz CT molecular complexity index is 796. The maximum atomic E-state index is 12.8. The molecule has 25 heavy (non-hydrogen) atoms. The Morgan fingerprint density at radius 1 is 1.44 bits per heavy atom. The molecule has 0 bridgehead atoms. The highest BCUT2D eigenvalue weighted by Gasteiger charge is 2.29. The molecule has 1 saturated carbocycles. The predicted octanol–water partition coefficient (Wildman–Crippen LogP) is 1.20. The van der Waals surface area contributed by atoms with Gasteiger partial charge in [0.05, 0.1) is 23.3 Å². The number of nitrogens with zero attached hydrogens (tertiary/aromatic N) is 3. The molecule has 1 aliphatic heterocycles. The number of amides is 1. The van der Waals surface area contributed by atoms with Gasteiger partial charge in [0.25, 0.3) is 5.91 Å². The monoisotopic (exact) mass is 343 g/mol. The molecule has 0 spiro atoms. The fourth-order valence-electron chi connectivity index (χ4n) is 3.44. The van der Waals surface area contributed by atoms with Gasteiger partial charge in [0.2, 0.25) is 0 Å². The van der Waals surface area contributed by atoms with Crippen LogP contribution in [0, 0.1) is 5.92 Å². The van der Waals surface area contributed by atoms with Crippen LogP contribution >= 0.6 is 0 Å². The molecule has 7 heteroatoms. The molecule has 1 amide bonds. The lowest BCUT2D eigenvalue weighted by molar-refractivity contribution is 0.0928. The second kappa shape index (κ2) is 6.38. The first-order valence-electron chi connectivity index (χ1n) is 9.09. The molecule has 3 heterocycles. The largest absolute Gasteiger partial charge is 0.391 e. The molecule has 4 rings (SSSR count). The molecular weight excluding hydrogens is 318 g/mol. The van der Waals surface area contributed by atoms with Crippen molar-refractivity contribution >= 4 is 16.9 Å². The van der Waals surface area contributed by atoms with E-state index in [2.05, 4.69) is 29.6 Å². The molecule has 7 nitrogen and oxygen atoms in total. The summed E-state index contributed by atoms with van der Waals surface area (Å²) in [7, 11) is 0. The fraction of sp³-hybridized carbons (Fsp3) is 0.611. The van der Waals surface area contributed by atoms with Crippen molar-refractivity contribution in [3.63, 3.8) is 0 Å². The number of pyridine rings is 1. The fourth-order valence-corrected chi connectivity index (χ4v) is 3.44. The molecule has 3 N–H and O–H groups in total. The number of rotatable bonds is 5. The average molecular weight is 343 g/mol. The first kappa shape index (κ1) is 16.5. The van der Waals surface area contributed by atoms with Gasteiger partial charge in [0.15, 0.2) is 5.65 Å². The van der Waals surface area contributed by atoms with Crippen molar-refractivity contribution < 1.29 is 9.90 Å². The second-order valence-corrected chi connectivity index (χ2v) is 7.48. The third-order valence-electron chi connectivity index (χ3n) is 5.14. The highest BCUT2D eigenvalue weighted by atomic mass is 16.3. The van der Waals surface area contributed by atoms with E-state index in [1.165, 1.54) is 0 Å². The summed E-state index contributed by atoms with van der Waals surface area (Å²) in [6, 6.07) is 2.11. The van der Waals surface area contributed by atoms with Gasteiger partial charge in [-0.2, -0.15) is 5.10 Å². The Morgan fingerprint density at radius 2 is 2.24 bits per heavy atom. The van der Waals surface area contributed by atoms with E-state index in [1.54, 1.807) is 6.20 Å². The van der Waals surface area contributed by atoms with Crippen LogP contribution in [0.4, 0.5) is 0 Å². The van der Waals surface area contributed by atoms with Crippen molar-refractivity contribution in [3.05, 3.63) is 23.5 Å². The van der Waals surface area contributed by atoms with Gasteiger partial charge in [-0.1, -0.05) is 0 Å². The van der Waals surface area contributed by atoms with Gasteiger partial charge in [-0.15, -0.1) is 0 Å². The Kier molecular flexibility index (Phi) is 4.21. The SMILES string of the molecule is CC(C)n1ncc2c(C(=O)NCC3CNCC3O)cc(C3CC3)nc21. The molecule has 0 aromatic carbocycles. The summed E-state index contributed by atoms with van der Waals surface area (Å²) in [6.07, 6.45) is 3.60. The molecule has 0 radical (unpaired) electrons. The van der Waals surface area contributed by atoms with Gasteiger partial charge in [-0.25, -0.2) is 9.67 Å². The third-order valence-corrected chi connectivity index (χ3v) is 5.14. The summed E-state index contributed by atoms with van der Waals surface area (Å²) >= 11 is 0. The van der Waals surface area contributed by atoms with Gasteiger partial charge in [0.1, 0.15) is 0 Å². The summed E-state index contributed by atoms with van der Waals surface area (Å²) in [6.45, 7) is 5.91. The minimum atomic E-state index is -0.400. The second-order valence-electron chi connectivity index (χ2n) is 7.48. The molecule has 2 aromatic rings. The van der Waals surface area contributed by atoms with Crippen LogP contribution < -0.4 is 10.6 Å². The lowest BCUT2D eigenvalue weighted by Gasteiger charge is -2.15. The Hall–Kier alpha value is -1.99. The molecule has 2 atom stereocenters. The molecule has 2 aliphatic rings. The molecule has 1 aliphatic carbocycles. The van der Waals surface area contributed by atoms with Crippen molar-refractivity contribution in [3.8, 4) is 0 Å². The van der Waals surface area contributed by atoms with Crippen molar-refractivity contribution in [2.75, 3.05) is 19.6 Å².